The van der Waals surface area contributed by atoms with Crippen LogP contribution in [0.4, 0.5) is 0 Å². The summed E-state index contributed by atoms with van der Waals surface area (Å²) in [4.78, 5) is 15.3. The maximum Gasteiger partial charge on any atom is 0.252 e. The van der Waals surface area contributed by atoms with Crippen LogP contribution in [0.5, 0.6) is 0 Å². The average Bonchev–Trinajstić information content (AvgIpc) is 2.25. The van der Waals surface area contributed by atoms with E-state index >= 15 is 0 Å². The number of hydrogen-bond acceptors (Lipinski definition) is 2. The Morgan fingerprint density at radius 3 is 3.00 bits per heavy atom. The molecule has 0 aliphatic rings. The Bertz CT molecular complexity index is 277. The molecule has 0 atom stereocenters. The second-order valence-electron chi connectivity index (χ2n) is 2.89. The number of carbonyl (C=O) groups is 1. The number of carbonyl (C=O) groups excluding carboxylic acids is 1. The van der Waals surface area contributed by atoms with Gasteiger partial charge in [-0.15, -0.1) is 11.6 Å². The van der Waals surface area contributed by atoms with Crippen molar-refractivity contribution in [2.75, 3.05) is 12.4 Å². The number of unbranched alkanes of at least 4 members (excludes halogenated alkanes) is 1. The number of rotatable bonds is 5. The van der Waals surface area contributed by atoms with Crippen LogP contribution in [0.3, 0.4) is 0 Å². The lowest BCUT2D eigenvalue weighted by molar-refractivity contribution is 0.0953. The summed E-state index contributed by atoms with van der Waals surface area (Å²) in [6.07, 6.45) is 5.03. The van der Waals surface area contributed by atoms with E-state index in [-0.39, 0.29) is 5.91 Å². The van der Waals surface area contributed by atoms with Gasteiger partial charge in [-0.1, -0.05) is 0 Å². The minimum Gasteiger partial charge on any atom is -0.352 e. The van der Waals surface area contributed by atoms with E-state index in [1.54, 1.807) is 24.5 Å². The number of nitrogens with zero attached hydrogens (tertiary/aromatic N) is 1. The van der Waals surface area contributed by atoms with Gasteiger partial charge in [0.2, 0.25) is 0 Å². The highest BCUT2D eigenvalue weighted by molar-refractivity contribution is 6.17. The molecule has 3 nitrogen and oxygen atoms in total. The van der Waals surface area contributed by atoms with Gasteiger partial charge >= 0.3 is 0 Å². The SMILES string of the molecule is O=C(NCCCCCl)c1cccnc1. The topological polar surface area (TPSA) is 42.0 Å². The molecule has 0 fully saturated rings. The highest BCUT2D eigenvalue weighted by atomic mass is 35.5. The lowest BCUT2D eigenvalue weighted by Gasteiger charge is -2.03. The van der Waals surface area contributed by atoms with Crippen molar-refractivity contribution >= 4 is 17.5 Å². The quantitative estimate of drug-likeness (QED) is 0.598. The van der Waals surface area contributed by atoms with Gasteiger partial charge in [0, 0.05) is 24.8 Å². The Balaban J connectivity index is 2.29. The van der Waals surface area contributed by atoms with E-state index in [0.717, 1.165) is 12.8 Å². The van der Waals surface area contributed by atoms with Crippen molar-refractivity contribution in [3.63, 3.8) is 0 Å². The van der Waals surface area contributed by atoms with Gasteiger partial charge in [0.1, 0.15) is 0 Å². The van der Waals surface area contributed by atoms with E-state index in [1.807, 2.05) is 0 Å². The van der Waals surface area contributed by atoms with E-state index in [4.69, 9.17) is 11.6 Å². The fourth-order valence-corrected chi connectivity index (χ4v) is 1.21. The Labute approximate surface area is 88.5 Å². The molecular weight excluding hydrogens is 200 g/mol. The number of halogens is 1. The van der Waals surface area contributed by atoms with E-state index < -0.39 is 0 Å². The number of nitrogens with one attached hydrogen (secondary N) is 1. The van der Waals surface area contributed by atoms with Gasteiger partial charge in [-0.05, 0) is 25.0 Å². The van der Waals surface area contributed by atoms with Crippen LogP contribution < -0.4 is 5.32 Å². The first-order chi connectivity index (χ1) is 6.84. The van der Waals surface area contributed by atoms with E-state index in [1.165, 1.54) is 0 Å². The highest BCUT2D eigenvalue weighted by Gasteiger charge is 2.02. The van der Waals surface area contributed by atoms with Crippen LogP contribution in [0.15, 0.2) is 24.5 Å². The molecule has 0 aliphatic carbocycles. The van der Waals surface area contributed by atoms with Crippen molar-refractivity contribution in [1.29, 1.82) is 0 Å². The van der Waals surface area contributed by atoms with Crippen LogP contribution in [0.25, 0.3) is 0 Å². The molecular formula is C10H13ClN2O. The molecule has 1 N–H and O–H groups in total. The van der Waals surface area contributed by atoms with Crippen molar-refractivity contribution in [2.24, 2.45) is 0 Å². The summed E-state index contributed by atoms with van der Waals surface area (Å²) in [5.41, 5.74) is 0.596. The number of alkyl halides is 1. The molecule has 0 saturated carbocycles. The Hall–Kier alpha value is -1.09. The zero-order valence-electron chi connectivity index (χ0n) is 7.87. The van der Waals surface area contributed by atoms with Crippen LogP contribution in [0.2, 0.25) is 0 Å². The number of amides is 1. The largest absolute Gasteiger partial charge is 0.352 e. The molecule has 0 aromatic carbocycles. The number of pyridine rings is 1. The fourth-order valence-electron chi connectivity index (χ4n) is 1.02. The zero-order chi connectivity index (χ0) is 10.2. The summed E-state index contributed by atoms with van der Waals surface area (Å²) in [5.74, 6) is 0.565. The third-order valence-electron chi connectivity index (χ3n) is 1.77. The third-order valence-corrected chi connectivity index (χ3v) is 2.04. The molecule has 1 aromatic rings. The second-order valence-corrected chi connectivity index (χ2v) is 3.27. The van der Waals surface area contributed by atoms with Crippen molar-refractivity contribution < 1.29 is 4.79 Å². The predicted octanol–water partition coefficient (Wildman–Crippen LogP) is 1.83. The number of aromatic nitrogens is 1. The van der Waals surface area contributed by atoms with Crippen molar-refractivity contribution in [3.8, 4) is 0 Å². The summed E-state index contributed by atoms with van der Waals surface area (Å²) in [5, 5.41) is 2.80. The van der Waals surface area contributed by atoms with Crippen LogP contribution in [-0.4, -0.2) is 23.3 Å². The van der Waals surface area contributed by atoms with Crippen LogP contribution in [-0.2, 0) is 0 Å². The first-order valence-electron chi connectivity index (χ1n) is 4.59. The normalized spacial score (nSPS) is 9.79. The van der Waals surface area contributed by atoms with Crippen molar-refractivity contribution in [3.05, 3.63) is 30.1 Å². The zero-order valence-corrected chi connectivity index (χ0v) is 8.63. The first-order valence-corrected chi connectivity index (χ1v) is 5.12. The first kappa shape index (κ1) is 11.0. The molecule has 0 bridgehead atoms. The third kappa shape index (κ3) is 3.75. The molecule has 14 heavy (non-hydrogen) atoms. The standard InChI is InChI=1S/C10H13ClN2O/c11-5-1-2-7-13-10(14)9-4-3-6-12-8-9/h3-4,6,8H,1-2,5,7H2,(H,13,14). The molecule has 0 spiro atoms. The molecule has 1 heterocycles. The van der Waals surface area contributed by atoms with E-state index in [9.17, 15) is 4.79 Å². The summed E-state index contributed by atoms with van der Waals surface area (Å²) < 4.78 is 0. The summed E-state index contributed by atoms with van der Waals surface area (Å²) in [6, 6.07) is 3.48. The Morgan fingerprint density at radius 1 is 1.50 bits per heavy atom. The minimum absolute atomic E-state index is 0.0762. The summed E-state index contributed by atoms with van der Waals surface area (Å²) in [6.45, 7) is 0.667. The Kier molecular flexibility index (Phi) is 5.00. The fraction of sp³-hybridized carbons (Fsp3) is 0.400. The average molecular weight is 213 g/mol. The lowest BCUT2D eigenvalue weighted by atomic mass is 10.2. The van der Waals surface area contributed by atoms with Crippen molar-refractivity contribution in [2.45, 2.75) is 12.8 Å². The predicted molar refractivity (Wildman–Crippen MR) is 56.5 cm³/mol. The van der Waals surface area contributed by atoms with Gasteiger partial charge < -0.3 is 5.32 Å². The molecule has 0 unspecified atom stereocenters. The second kappa shape index (κ2) is 6.38. The van der Waals surface area contributed by atoms with E-state index in [2.05, 4.69) is 10.3 Å². The molecule has 1 amide bonds. The molecule has 0 saturated heterocycles. The van der Waals surface area contributed by atoms with E-state index in [0.29, 0.717) is 18.0 Å². The molecule has 0 radical (unpaired) electrons. The molecule has 76 valence electrons. The smallest absolute Gasteiger partial charge is 0.252 e. The minimum atomic E-state index is -0.0762. The van der Waals surface area contributed by atoms with Gasteiger partial charge in [-0.25, -0.2) is 0 Å². The van der Waals surface area contributed by atoms with Gasteiger partial charge in [0.15, 0.2) is 0 Å². The lowest BCUT2D eigenvalue weighted by Crippen LogP contribution is -2.24. The molecule has 0 aliphatic heterocycles. The molecule has 4 heteroatoms. The molecule has 1 aromatic heterocycles. The van der Waals surface area contributed by atoms with Crippen LogP contribution in [0, 0.1) is 0 Å². The van der Waals surface area contributed by atoms with Crippen molar-refractivity contribution in [1.82, 2.24) is 10.3 Å². The maximum absolute atomic E-state index is 11.4. The van der Waals surface area contributed by atoms with Gasteiger partial charge in [0.25, 0.3) is 5.91 Å². The highest BCUT2D eigenvalue weighted by Crippen LogP contribution is 1.95. The van der Waals surface area contributed by atoms with Gasteiger partial charge in [-0.2, -0.15) is 0 Å². The van der Waals surface area contributed by atoms with Crippen LogP contribution in [0.1, 0.15) is 23.2 Å². The Morgan fingerprint density at radius 2 is 2.36 bits per heavy atom. The van der Waals surface area contributed by atoms with Gasteiger partial charge in [0.05, 0.1) is 5.56 Å². The summed E-state index contributed by atoms with van der Waals surface area (Å²) >= 11 is 5.51. The number of hydrogen-bond donors (Lipinski definition) is 1. The molecule has 1 rings (SSSR count). The maximum atomic E-state index is 11.4. The van der Waals surface area contributed by atoms with Gasteiger partial charge in [-0.3, -0.25) is 9.78 Å². The van der Waals surface area contributed by atoms with Crippen LogP contribution >= 0.6 is 11.6 Å². The summed E-state index contributed by atoms with van der Waals surface area (Å²) in [7, 11) is 0. The monoisotopic (exact) mass is 212 g/mol.